The molecule has 19 heavy (non-hydrogen) atoms. The van der Waals surface area contributed by atoms with Crippen molar-refractivity contribution < 1.29 is 27.1 Å². The number of benzene rings is 1. The SMILES string of the molecule is CCC(CNS(=O)(=O)c1cc(F)ccc1F)C(=O)O. The van der Waals surface area contributed by atoms with Gasteiger partial charge < -0.3 is 5.11 Å². The molecule has 1 atom stereocenters. The van der Waals surface area contributed by atoms with Crippen LogP contribution >= 0.6 is 0 Å². The van der Waals surface area contributed by atoms with E-state index in [4.69, 9.17) is 5.11 Å². The van der Waals surface area contributed by atoms with E-state index in [1.54, 1.807) is 6.92 Å². The van der Waals surface area contributed by atoms with Crippen LogP contribution in [0.2, 0.25) is 0 Å². The van der Waals surface area contributed by atoms with Gasteiger partial charge in [0.2, 0.25) is 10.0 Å². The van der Waals surface area contributed by atoms with Crippen LogP contribution in [0.25, 0.3) is 0 Å². The number of nitrogens with one attached hydrogen (secondary N) is 1. The highest BCUT2D eigenvalue weighted by molar-refractivity contribution is 7.89. The smallest absolute Gasteiger partial charge is 0.307 e. The molecule has 0 saturated carbocycles. The van der Waals surface area contributed by atoms with Gasteiger partial charge in [0.15, 0.2) is 0 Å². The van der Waals surface area contributed by atoms with Gasteiger partial charge in [0.05, 0.1) is 5.92 Å². The Bertz CT molecular complexity index is 574. The number of hydrogen-bond donors (Lipinski definition) is 2. The molecular formula is C11H13F2NO4S. The van der Waals surface area contributed by atoms with Crippen molar-refractivity contribution in [2.24, 2.45) is 5.92 Å². The Labute approximate surface area is 109 Å². The van der Waals surface area contributed by atoms with Crippen LogP contribution in [0.15, 0.2) is 23.1 Å². The topological polar surface area (TPSA) is 83.5 Å². The molecule has 0 heterocycles. The number of carboxylic acid groups (broad SMARTS) is 1. The van der Waals surface area contributed by atoms with Gasteiger partial charge in [-0.05, 0) is 24.6 Å². The van der Waals surface area contributed by atoms with Gasteiger partial charge in [-0.25, -0.2) is 21.9 Å². The van der Waals surface area contributed by atoms with Gasteiger partial charge in [0.25, 0.3) is 0 Å². The average molecular weight is 293 g/mol. The highest BCUT2D eigenvalue weighted by Gasteiger charge is 2.23. The monoisotopic (exact) mass is 293 g/mol. The van der Waals surface area contributed by atoms with E-state index in [9.17, 15) is 22.0 Å². The minimum absolute atomic E-state index is 0.212. The zero-order valence-electron chi connectivity index (χ0n) is 10.1. The largest absolute Gasteiger partial charge is 0.481 e. The summed E-state index contributed by atoms with van der Waals surface area (Å²) in [4.78, 5) is 9.90. The maximum atomic E-state index is 13.3. The lowest BCUT2D eigenvalue weighted by atomic mass is 10.1. The van der Waals surface area contributed by atoms with E-state index in [1.807, 2.05) is 4.72 Å². The Morgan fingerprint density at radius 3 is 2.58 bits per heavy atom. The molecule has 0 aliphatic heterocycles. The van der Waals surface area contributed by atoms with Crippen LogP contribution in [-0.4, -0.2) is 26.0 Å². The second-order valence-corrected chi connectivity index (χ2v) is 5.61. The first kappa shape index (κ1) is 15.5. The summed E-state index contributed by atoms with van der Waals surface area (Å²) in [7, 11) is -4.28. The third kappa shape index (κ3) is 3.97. The zero-order chi connectivity index (χ0) is 14.6. The van der Waals surface area contributed by atoms with E-state index in [-0.39, 0.29) is 13.0 Å². The van der Waals surface area contributed by atoms with Gasteiger partial charge in [0.1, 0.15) is 16.5 Å². The molecular weight excluding hydrogens is 280 g/mol. The number of carbonyl (C=O) groups is 1. The predicted octanol–water partition coefficient (Wildman–Crippen LogP) is 1.35. The second kappa shape index (κ2) is 6.07. The van der Waals surface area contributed by atoms with Crippen molar-refractivity contribution in [3.63, 3.8) is 0 Å². The van der Waals surface area contributed by atoms with E-state index in [0.29, 0.717) is 12.1 Å². The molecule has 0 aliphatic rings. The summed E-state index contributed by atoms with van der Waals surface area (Å²) in [5.41, 5.74) is 0. The van der Waals surface area contributed by atoms with Crippen molar-refractivity contribution in [3.8, 4) is 0 Å². The van der Waals surface area contributed by atoms with E-state index in [1.165, 1.54) is 0 Å². The Balaban J connectivity index is 2.93. The number of halogens is 2. The minimum Gasteiger partial charge on any atom is -0.481 e. The molecule has 0 amide bonds. The van der Waals surface area contributed by atoms with E-state index >= 15 is 0 Å². The highest BCUT2D eigenvalue weighted by Crippen LogP contribution is 2.16. The number of carboxylic acids is 1. The third-order valence-corrected chi connectivity index (χ3v) is 3.98. The van der Waals surface area contributed by atoms with Crippen molar-refractivity contribution in [2.45, 2.75) is 18.2 Å². The van der Waals surface area contributed by atoms with Crippen molar-refractivity contribution >= 4 is 16.0 Å². The molecule has 1 aromatic carbocycles. The summed E-state index contributed by atoms with van der Waals surface area (Å²) in [6.45, 7) is 1.19. The first-order valence-corrected chi connectivity index (χ1v) is 6.93. The fraction of sp³-hybridized carbons (Fsp3) is 0.364. The molecule has 0 aliphatic carbocycles. The van der Waals surface area contributed by atoms with E-state index in [2.05, 4.69) is 0 Å². The van der Waals surface area contributed by atoms with E-state index < -0.39 is 38.4 Å². The number of hydrogen-bond acceptors (Lipinski definition) is 3. The van der Waals surface area contributed by atoms with Gasteiger partial charge in [0, 0.05) is 6.54 Å². The lowest BCUT2D eigenvalue weighted by molar-refractivity contribution is -0.141. The first-order chi connectivity index (χ1) is 8.77. The van der Waals surface area contributed by atoms with Crippen LogP contribution < -0.4 is 4.72 Å². The molecule has 0 fully saturated rings. The molecule has 0 saturated heterocycles. The Kier molecular flexibility index (Phi) is 4.96. The number of aliphatic carboxylic acids is 1. The molecule has 8 heteroatoms. The fourth-order valence-electron chi connectivity index (χ4n) is 1.38. The zero-order valence-corrected chi connectivity index (χ0v) is 10.9. The molecule has 1 aromatic rings. The van der Waals surface area contributed by atoms with Gasteiger partial charge in [-0.1, -0.05) is 6.92 Å². The predicted molar refractivity (Wildman–Crippen MR) is 63.0 cm³/mol. The second-order valence-electron chi connectivity index (χ2n) is 3.87. The van der Waals surface area contributed by atoms with Crippen LogP contribution in [0, 0.1) is 17.6 Å². The van der Waals surface area contributed by atoms with Gasteiger partial charge >= 0.3 is 5.97 Å². The summed E-state index contributed by atoms with van der Waals surface area (Å²) in [5.74, 6) is -4.08. The molecule has 1 rings (SSSR count). The Morgan fingerprint density at radius 2 is 2.05 bits per heavy atom. The highest BCUT2D eigenvalue weighted by atomic mass is 32.2. The van der Waals surface area contributed by atoms with Crippen molar-refractivity contribution in [1.82, 2.24) is 4.72 Å². The maximum absolute atomic E-state index is 13.3. The first-order valence-electron chi connectivity index (χ1n) is 5.45. The van der Waals surface area contributed by atoms with Crippen LogP contribution in [0.1, 0.15) is 13.3 Å². The molecule has 1 unspecified atom stereocenters. The van der Waals surface area contributed by atoms with Crippen LogP contribution in [0.3, 0.4) is 0 Å². The van der Waals surface area contributed by atoms with Crippen LogP contribution in [0.4, 0.5) is 8.78 Å². The van der Waals surface area contributed by atoms with Crippen LogP contribution in [0.5, 0.6) is 0 Å². The molecule has 2 N–H and O–H groups in total. The maximum Gasteiger partial charge on any atom is 0.307 e. The normalized spacial score (nSPS) is 13.2. The van der Waals surface area contributed by atoms with Crippen molar-refractivity contribution in [3.05, 3.63) is 29.8 Å². The quantitative estimate of drug-likeness (QED) is 0.829. The standard InChI is InChI=1S/C11H13F2NO4S/c1-2-7(11(15)16)6-14-19(17,18)10-5-8(12)3-4-9(10)13/h3-5,7,14H,2,6H2,1H3,(H,15,16). The Morgan fingerprint density at radius 1 is 1.42 bits per heavy atom. The molecule has 0 bridgehead atoms. The lowest BCUT2D eigenvalue weighted by Crippen LogP contribution is -2.33. The molecule has 5 nitrogen and oxygen atoms in total. The van der Waals surface area contributed by atoms with Crippen LogP contribution in [-0.2, 0) is 14.8 Å². The van der Waals surface area contributed by atoms with Gasteiger partial charge in [-0.2, -0.15) is 0 Å². The summed E-state index contributed by atoms with van der Waals surface area (Å²) >= 11 is 0. The summed E-state index contributed by atoms with van der Waals surface area (Å²) in [6, 6.07) is 2.03. The van der Waals surface area contributed by atoms with Crippen molar-refractivity contribution in [1.29, 1.82) is 0 Å². The van der Waals surface area contributed by atoms with Crippen molar-refractivity contribution in [2.75, 3.05) is 6.54 Å². The molecule has 0 aromatic heterocycles. The lowest BCUT2D eigenvalue weighted by Gasteiger charge is -2.12. The number of rotatable bonds is 6. The van der Waals surface area contributed by atoms with Gasteiger partial charge in [-0.15, -0.1) is 0 Å². The summed E-state index contributed by atoms with van der Waals surface area (Å²) in [5, 5.41) is 8.77. The Hall–Kier alpha value is -1.54. The summed E-state index contributed by atoms with van der Waals surface area (Å²) in [6.07, 6.45) is 0.212. The molecule has 0 radical (unpaired) electrons. The molecule has 0 spiro atoms. The summed E-state index contributed by atoms with van der Waals surface area (Å²) < 4.78 is 51.7. The fourth-order valence-corrected chi connectivity index (χ4v) is 2.55. The third-order valence-electron chi connectivity index (χ3n) is 2.54. The number of sulfonamides is 1. The minimum atomic E-state index is -4.28. The van der Waals surface area contributed by atoms with E-state index in [0.717, 1.165) is 6.07 Å². The average Bonchev–Trinajstić information content (AvgIpc) is 2.32. The molecule has 106 valence electrons. The van der Waals surface area contributed by atoms with Gasteiger partial charge in [-0.3, -0.25) is 4.79 Å².